The van der Waals surface area contributed by atoms with E-state index in [1.54, 1.807) is 6.92 Å². The average molecular weight is 183 g/mol. The smallest absolute Gasteiger partial charge is 0.120 e. The fourth-order valence-corrected chi connectivity index (χ4v) is 2.41. The molecule has 2 rings (SSSR count). The first-order valence-corrected chi connectivity index (χ1v) is 5.16. The average Bonchev–Trinajstić information content (AvgIpc) is 1.97. The van der Waals surface area contributed by atoms with Crippen molar-refractivity contribution >= 4 is 0 Å². The molecule has 0 N–H and O–H groups in total. The molecule has 1 heterocycles. The lowest BCUT2D eigenvalue weighted by Crippen LogP contribution is -2.51. The van der Waals surface area contributed by atoms with Crippen molar-refractivity contribution < 1.29 is 4.39 Å². The number of hydrogen-bond acceptors (Lipinski definition) is 1. The number of nitrogens with zero attached hydrogens (tertiary/aromatic N) is 1. The fraction of sp³-hybridized carbons (Fsp3) is 0.818. The van der Waals surface area contributed by atoms with Gasteiger partial charge in [0.05, 0.1) is 0 Å². The van der Waals surface area contributed by atoms with Crippen molar-refractivity contribution in [1.82, 2.24) is 4.90 Å². The molecule has 2 fully saturated rings. The minimum absolute atomic E-state index is 0.600. The lowest BCUT2D eigenvalue weighted by atomic mass is 9.84. The van der Waals surface area contributed by atoms with Crippen LogP contribution >= 0.6 is 0 Å². The first-order chi connectivity index (χ1) is 6.07. The topological polar surface area (TPSA) is 3.24 Å². The largest absolute Gasteiger partial charge is 0.297 e. The summed E-state index contributed by atoms with van der Waals surface area (Å²) < 4.78 is 13.7. The molecule has 1 nitrogen and oxygen atoms in total. The van der Waals surface area contributed by atoms with Crippen molar-refractivity contribution in [3.8, 4) is 0 Å². The maximum atomic E-state index is 13.7. The zero-order valence-corrected chi connectivity index (χ0v) is 8.35. The Morgan fingerprint density at radius 2 is 2.23 bits per heavy atom. The molecule has 1 aliphatic heterocycles. The van der Waals surface area contributed by atoms with Crippen LogP contribution in [0.5, 0.6) is 0 Å². The van der Waals surface area contributed by atoms with Crippen molar-refractivity contribution in [1.29, 1.82) is 0 Å². The van der Waals surface area contributed by atoms with Crippen molar-refractivity contribution in [2.24, 2.45) is 0 Å². The summed E-state index contributed by atoms with van der Waals surface area (Å²) in [5.74, 6) is 0. The van der Waals surface area contributed by atoms with Gasteiger partial charge in [-0.3, -0.25) is 4.90 Å². The minimum atomic E-state index is -0.949. The molecule has 0 aromatic heterocycles. The molecule has 0 bridgehead atoms. The zero-order chi connectivity index (χ0) is 9.47. The number of hydrogen-bond donors (Lipinski definition) is 0. The Kier molecular flexibility index (Phi) is 2.18. The van der Waals surface area contributed by atoms with Crippen molar-refractivity contribution in [2.45, 2.75) is 44.3 Å². The molecular weight excluding hydrogens is 165 g/mol. The molecule has 0 spiro atoms. The second kappa shape index (κ2) is 3.09. The highest BCUT2D eigenvalue weighted by molar-refractivity contribution is 5.12. The summed E-state index contributed by atoms with van der Waals surface area (Å²) in [5, 5.41) is 0. The van der Waals surface area contributed by atoms with Gasteiger partial charge < -0.3 is 0 Å². The van der Waals surface area contributed by atoms with E-state index in [1.165, 1.54) is 5.57 Å². The predicted octanol–water partition coefficient (Wildman–Crippen LogP) is 2.53. The van der Waals surface area contributed by atoms with Gasteiger partial charge in [-0.25, -0.2) is 4.39 Å². The normalized spacial score (nSPS) is 37.5. The van der Waals surface area contributed by atoms with Gasteiger partial charge in [0.25, 0.3) is 0 Å². The first-order valence-electron chi connectivity index (χ1n) is 5.16. The summed E-state index contributed by atoms with van der Waals surface area (Å²) in [7, 11) is 0. The van der Waals surface area contributed by atoms with E-state index in [2.05, 4.69) is 11.5 Å². The molecule has 74 valence electrons. The number of rotatable bonds is 1. The molecule has 1 aliphatic carbocycles. The Balaban J connectivity index is 1.90. The maximum Gasteiger partial charge on any atom is 0.120 e. The first kappa shape index (κ1) is 9.20. The zero-order valence-electron chi connectivity index (χ0n) is 8.35. The van der Waals surface area contributed by atoms with Crippen LogP contribution in [-0.4, -0.2) is 29.7 Å². The van der Waals surface area contributed by atoms with Gasteiger partial charge in [0.1, 0.15) is 5.67 Å². The van der Waals surface area contributed by atoms with E-state index in [1.807, 2.05) is 0 Å². The van der Waals surface area contributed by atoms with Crippen molar-refractivity contribution in [3.05, 3.63) is 12.2 Å². The molecular formula is C11H18FN. The number of halogens is 1. The number of likely N-dealkylation sites (tertiary alicyclic amines) is 1. The van der Waals surface area contributed by atoms with E-state index in [-0.39, 0.29) is 0 Å². The standard InChI is InChI=1S/C11H18FN/c1-9-6-10(7-9)13-5-3-4-11(2,12)8-13/h10H,1,3-8H2,2H3. The molecule has 0 aromatic carbocycles. The molecule has 2 heteroatoms. The summed E-state index contributed by atoms with van der Waals surface area (Å²) in [5.41, 5.74) is 0.381. The lowest BCUT2D eigenvalue weighted by Gasteiger charge is -2.44. The summed E-state index contributed by atoms with van der Waals surface area (Å²) in [6.45, 7) is 7.36. The Hall–Kier alpha value is -0.370. The second-order valence-corrected chi connectivity index (χ2v) is 4.80. The van der Waals surface area contributed by atoms with Gasteiger partial charge in [-0.2, -0.15) is 0 Å². The molecule has 2 aliphatic rings. The summed E-state index contributed by atoms with van der Waals surface area (Å²) in [6.07, 6.45) is 3.93. The van der Waals surface area contributed by atoms with Crippen LogP contribution in [0, 0.1) is 0 Å². The van der Waals surface area contributed by atoms with E-state index >= 15 is 0 Å². The van der Waals surface area contributed by atoms with Crippen LogP contribution in [0.2, 0.25) is 0 Å². The summed E-state index contributed by atoms with van der Waals surface area (Å²) in [6, 6.07) is 0.600. The van der Waals surface area contributed by atoms with Crippen LogP contribution in [0.3, 0.4) is 0 Å². The third-order valence-corrected chi connectivity index (χ3v) is 3.24. The van der Waals surface area contributed by atoms with Crippen molar-refractivity contribution in [2.75, 3.05) is 13.1 Å². The Morgan fingerprint density at radius 1 is 1.54 bits per heavy atom. The highest BCUT2D eigenvalue weighted by Crippen LogP contribution is 2.34. The maximum absolute atomic E-state index is 13.7. The third-order valence-electron chi connectivity index (χ3n) is 3.24. The number of piperidine rings is 1. The van der Waals surface area contributed by atoms with Crippen LogP contribution in [0.15, 0.2) is 12.2 Å². The molecule has 1 atom stereocenters. The molecule has 13 heavy (non-hydrogen) atoms. The summed E-state index contributed by atoms with van der Waals surface area (Å²) in [4.78, 5) is 2.30. The van der Waals surface area contributed by atoms with E-state index in [4.69, 9.17) is 0 Å². The van der Waals surface area contributed by atoms with Gasteiger partial charge in [-0.15, -0.1) is 0 Å². The van der Waals surface area contributed by atoms with E-state index < -0.39 is 5.67 Å². The minimum Gasteiger partial charge on any atom is -0.297 e. The Labute approximate surface area is 79.6 Å². The molecule has 0 aromatic rings. The molecule has 0 amide bonds. The van der Waals surface area contributed by atoms with Gasteiger partial charge in [0.15, 0.2) is 0 Å². The van der Waals surface area contributed by atoms with Crippen LogP contribution in [-0.2, 0) is 0 Å². The SMILES string of the molecule is C=C1CC(N2CCCC(C)(F)C2)C1. The van der Waals surface area contributed by atoms with Gasteiger partial charge in [-0.1, -0.05) is 12.2 Å². The quantitative estimate of drug-likeness (QED) is 0.565. The Bertz CT molecular complexity index is 214. The van der Waals surface area contributed by atoms with E-state index in [0.29, 0.717) is 12.6 Å². The molecule has 0 radical (unpaired) electrons. The van der Waals surface area contributed by atoms with Gasteiger partial charge >= 0.3 is 0 Å². The van der Waals surface area contributed by atoms with Crippen LogP contribution < -0.4 is 0 Å². The highest BCUT2D eigenvalue weighted by Gasteiger charge is 2.36. The lowest BCUT2D eigenvalue weighted by molar-refractivity contribution is 0.0248. The van der Waals surface area contributed by atoms with E-state index in [9.17, 15) is 4.39 Å². The fourth-order valence-electron chi connectivity index (χ4n) is 2.41. The third kappa shape index (κ3) is 1.93. The highest BCUT2D eigenvalue weighted by atomic mass is 19.1. The monoisotopic (exact) mass is 183 g/mol. The Morgan fingerprint density at radius 3 is 2.77 bits per heavy atom. The second-order valence-electron chi connectivity index (χ2n) is 4.80. The van der Waals surface area contributed by atoms with Crippen molar-refractivity contribution in [3.63, 3.8) is 0 Å². The molecule has 1 saturated heterocycles. The van der Waals surface area contributed by atoms with E-state index in [0.717, 1.165) is 32.2 Å². The van der Waals surface area contributed by atoms with Gasteiger partial charge in [0, 0.05) is 12.6 Å². The van der Waals surface area contributed by atoms with Crippen LogP contribution in [0.1, 0.15) is 32.6 Å². The predicted molar refractivity (Wildman–Crippen MR) is 52.5 cm³/mol. The summed E-state index contributed by atoms with van der Waals surface area (Å²) >= 11 is 0. The van der Waals surface area contributed by atoms with Gasteiger partial charge in [-0.05, 0) is 39.2 Å². The van der Waals surface area contributed by atoms with Crippen LogP contribution in [0.25, 0.3) is 0 Å². The molecule has 1 saturated carbocycles. The molecule has 1 unspecified atom stereocenters. The van der Waals surface area contributed by atoms with Gasteiger partial charge in [0.2, 0.25) is 0 Å². The van der Waals surface area contributed by atoms with Crippen LogP contribution in [0.4, 0.5) is 4.39 Å². The number of alkyl halides is 1.